The molecule has 0 atom stereocenters. The molecule has 6 heteroatoms. The van der Waals surface area contributed by atoms with Crippen molar-refractivity contribution in [3.63, 3.8) is 0 Å². The first kappa shape index (κ1) is 9.41. The van der Waals surface area contributed by atoms with Gasteiger partial charge in [-0.1, -0.05) is 0 Å². The summed E-state index contributed by atoms with van der Waals surface area (Å²) in [5.41, 5.74) is 0.406. The summed E-state index contributed by atoms with van der Waals surface area (Å²) >= 11 is 0. The summed E-state index contributed by atoms with van der Waals surface area (Å²) in [5, 5.41) is 11.2. The van der Waals surface area contributed by atoms with E-state index < -0.39 is 5.95 Å². The quantitative estimate of drug-likeness (QED) is 0.713. The van der Waals surface area contributed by atoms with E-state index in [0.717, 1.165) is 18.9 Å². The molecule has 2 aromatic rings. The zero-order chi connectivity index (χ0) is 11.0. The Morgan fingerprint density at radius 1 is 1.38 bits per heavy atom. The molecule has 82 valence electrons. The second-order valence-corrected chi connectivity index (χ2v) is 3.61. The van der Waals surface area contributed by atoms with Gasteiger partial charge in [0.25, 0.3) is 0 Å². The number of nitrogens with one attached hydrogen (secondary N) is 1. The molecule has 1 aliphatic rings. The minimum Gasteiger partial charge on any atom is -0.308 e. The van der Waals surface area contributed by atoms with Gasteiger partial charge in [0.1, 0.15) is 5.82 Å². The Kier molecular flexibility index (Phi) is 2.14. The molecule has 3 rings (SSSR count). The standard InChI is InChI=1S/C10H10FN5/c11-9-7(2-1-3-13-9)10-15-14-8-6-12-4-5-16(8)10/h1-3,12H,4-6H2. The zero-order valence-corrected chi connectivity index (χ0v) is 8.52. The van der Waals surface area contributed by atoms with Gasteiger partial charge in [0.05, 0.1) is 12.1 Å². The summed E-state index contributed by atoms with van der Waals surface area (Å²) in [4.78, 5) is 3.62. The van der Waals surface area contributed by atoms with Crippen LogP contribution in [0.5, 0.6) is 0 Å². The van der Waals surface area contributed by atoms with E-state index in [1.807, 2.05) is 4.57 Å². The molecule has 0 saturated heterocycles. The Hall–Kier alpha value is -1.82. The van der Waals surface area contributed by atoms with Crippen molar-refractivity contribution in [1.29, 1.82) is 0 Å². The molecular formula is C10H10FN5. The highest BCUT2D eigenvalue weighted by Gasteiger charge is 2.18. The molecule has 1 N–H and O–H groups in total. The predicted octanol–water partition coefficient (Wildman–Crippen LogP) is 0.582. The molecule has 0 unspecified atom stereocenters. The van der Waals surface area contributed by atoms with Crippen LogP contribution in [-0.2, 0) is 13.1 Å². The fraction of sp³-hybridized carbons (Fsp3) is 0.300. The largest absolute Gasteiger partial charge is 0.308 e. The third-order valence-electron chi connectivity index (χ3n) is 2.62. The van der Waals surface area contributed by atoms with E-state index in [9.17, 15) is 4.39 Å². The lowest BCUT2D eigenvalue weighted by atomic mass is 10.2. The minimum absolute atomic E-state index is 0.406. The smallest absolute Gasteiger partial charge is 0.223 e. The van der Waals surface area contributed by atoms with Crippen molar-refractivity contribution in [3.05, 3.63) is 30.1 Å². The maximum absolute atomic E-state index is 13.5. The monoisotopic (exact) mass is 219 g/mol. The van der Waals surface area contributed by atoms with Gasteiger partial charge < -0.3 is 9.88 Å². The number of hydrogen-bond donors (Lipinski definition) is 1. The average molecular weight is 219 g/mol. The van der Waals surface area contributed by atoms with Crippen LogP contribution in [0, 0.1) is 5.95 Å². The Balaban J connectivity index is 2.13. The lowest BCUT2D eigenvalue weighted by Gasteiger charge is -2.15. The van der Waals surface area contributed by atoms with Gasteiger partial charge in [-0.15, -0.1) is 10.2 Å². The van der Waals surface area contributed by atoms with E-state index in [0.29, 0.717) is 17.9 Å². The fourth-order valence-corrected chi connectivity index (χ4v) is 1.84. The normalized spacial score (nSPS) is 14.8. The van der Waals surface area contributed by atoms with Gasteiger partial charge in [-0.3, -0.25) is 0 Å². The van der Waals surface area contributed by atoms with E-state index in [1.54, 1.807) is 12.1 Å². The van der Waals surface area contributed by atoms with Crippen LogP contribution in [0.25, 0.3) is 11.4 Å². The Labute approximate surface area is 91.3 Å². The van der Waals surface area contributed by atoms with Crippen LogP contribution >= 0.6 is 0 Å². The first-order valence-electron chi connectivity index (χ1n) is 5.10. The lowest BCUT2D eigenvalue weighted by molar-refractivity contribution is 0.506. The van der Waals surface area contributed by atoms with Crippen molar-refractivity contribution >= 4 is 0 Å². The van der Waals surface area contributed by atoms with Gasteiger partial charge >= 0.3 is 0 Å². The van der Waals surface area contributed by atoms with Crippen LogP contribution in [0.4, 0.5) is 4.39 Å². The van der Waals surface area contributed by atoms with Gasteiger partial charge in [-0.05, 0) is 12.1 Å². The highest BCUT2D eigenvalue weighted by molar-refractivity contribution is 5.54. The summed E-state index contributed by atoms with van der Waals surface area (Å²) in [6.07, 6.45) is 1.42. The number of rotatable bonds is 1. The second-order valence-electron chi connectivity index (χ2n) is 3.61. The first-order chi connectivity index (χ1) is 7.86. The number of hydrogen-bond acceptors (Lipinski definition) is 4. The van der Waals surface area contributed by atoms with Crippen LogP contribution in [-0.4, -0.2) is 26.3 Å². The van der Waals surface area contributed by atoms with Gasteiger partial charge in [-0.2, -0.15) is 4.39 Å². The number of nitrogens with zero attached hydrogens (tertiary/aromatic N) is 4. The van der Waals surface area contributed by atoms with Crippen LogP contribution in [0.1, 0.15) is 5.82 Å². The van der Waals surface area contributed by atoms with Gasteiger partial charge in [0.2, 0.25) is 5.95 Å². The molecule has 5 nitrogen and oxygen atoms in total. The van der Waals surface area contributed by atoms with Crippen LogP contribution in [0.2, 0.25) is 0 Å². The van der Waals surface area contributed by atoms with E-state index in [1.165, 1.54) is 6.20 Å². The zero-order valence-electron chi connectivity index (χ0n) is 8.52. The molecule has 16 heavy (non-hydrogen) atoms. The summed E-state index contributed by atoms with van der Waals surface area (Å²) in [5.74, 6) is 0.892. The molecule has 0 amide bonds. The molecule has 3 heterocycles. The highest BCUT2D eigenvalue weighted by Crippen LogP contribution is 2.20. The number of pyridine rings is 1. The maximum atomic E-state index is 13.5. The minimum atomic E-state index is -0.503. The molecule has 1 aliphatic heterocycles. The van der Waals surface area contributed by atoms with Crippen LogP contribution in [0.3, 0.4) is 0 Å². The summed E-state index contributed by atoms with van der Waals surface area (Å²) in [6.45, 7) is 2.28. The molecule has 0 radical (unpaired) electrons. The van der Waals surface area contributed by atoms with E-state index in [4.69, 9.17) is 0 Å². The highest BCUT2D eigenvalue weighted by atomic mass is 19.1. The van der Waals surface area contributed by atoms with Crippen molar-refractivity contribution in [1.82, 2.24) is 25.1 Å². The van der Waals surface area contributed by atoms with E-state index >= 15 is 0 Å². The summed E-state index contributed by atoms with van der Waals surface area (Å²) < 4.78 is 15.4. The third kappa shape index (κ3) is 1.38. The van der Waals surface area contributed by atoms with E-state index in [2.05, 4.69) is 20.5 Å². The summed E-state index contributed by atoms with van der Waals surface area (Å²) in [6, 6.07) is 3.36. The number of fused-ring (bicyclic) bond motifs is 1. The first-order valence-corrected chi connectivity index (χ1v) is 5.10. The van der Waals surface area contributed by atoms with Gasteiger partial charge in [-0.25, -0.2) is 4.98 Å². The average Bonchev–Trinajstić information content (AvgIpc) is 2.74. The second kappa shape index (κ2) is 3.64. The molecular weight excluding hydrogens is 209 g/mol. The van der Waals surface area contributed by atoms with Crippen molar-refractivity contribution < 1.29 is 4.39 Å². The summed E-state index contributed by atoms with van der Waals surface area (Å²) in [7, 11) is 0. The topological polar surface area (TPSA) is 55.6 Å². The molecule has 0 fully saturated rings. The molecule has 2 aromatic heterocycles. The number of halogens is 1. The van der Waals surface area contributed by atoms with Crippen LogP contribution < -0.4 is 5.32 Å². The van der Waals surface area contributed by atoms with E-state index in [-0.39, 0.29) is 0 Å². The molecule has 0 aromatic carbocycles. The molecule has 0 saturated carbocycles. The van der Waals surface area contributed by atoms with Crippen LogP contribution in [0.15, 0.2) is 18.3 Å². The third-order valence-corrected chi connectivity index (χ3v) is 2.62. The number of aromatic nitrogens is 4. The van der Waals surface area contributed by atoms with Gasteiger partial charge in [0.15, 0.2) is 5.82 Å². The van der Waals surface area contributed by atoms with Crippen molar-refractivity contribution in [2.75, 3.05) is 6.54 Å². The molecule has 0 spiro atoms. The Bertz CT molecular complexity index is 522. The fourth-order valence-electron chi connectivity index (χ4n) is 1.84. The van der Waals surface area contributed by atoms with Crippen molar-refractivity contribution in [3.8, 4) is 11.4 Å². The lowest BCUT2D eigenvalue weighted by Crippen LogP contribution is -2.28. The Morgan fingerprint density at radius 3 is 3.19 bits per heavy atom. The predicted molar refractivity (Wildman–Crippen MR) is 54.9 cm³/mol. The maximum Gasteiger partial charge on any atom is 0.223 e. The SMILES string of the molecule is Fc1ncccc1-c1nnc2n1CCNC2. The molecule has 0 aliphatic carbocycles. The van der Waals surface area contributed by atoms with Crippen molar-refractivity contribution in [2.24, 2.45) is 0 Å². The molecule has 0 bridgehead atoms. The van der Waals surface area contributed by atoms with Gasteiger partial charge in [0, 0.05) is 19.3 Å². The van der Waals surface area contributed by atoms with Crippen molar-refractivity contribution in [2.45, 2.75) is 13.1 Å². The Morgan fingerprint density at radius 2 is 2.31 bits per heavy atom.